The molecule has 0 heterocycles. The maximum absolute atomic E-state index is 13.5. The lowest BCUT2D eigenvalue weighted by Gasteiger charge is -2.23. The summed E-state index contributed by atoms with van der Waals surface area (Å²) in [6.45, 7) is 2.45. The summed E-state index contributed by atoms with van der Waals surface area (Å²) < 4.78 is 10.7. The molecule has 0 saturated carbocycles. The van der Waals surface area contributed by atoms with Crippen LogP contribution in [0.5, 0.6) is 11.5 Å². The fourth-order valence-electron chi connectivity index (χ4n) is 4.02. The number of carbonyl (C=O) groups excluding carboxylic acids is 2. The van der Waals surface area contributed by atoms with Gasteiger partial charge in [-0.3, -0.25) is 9.59 Å². The second-order valence-electron chi connectivity index (χ2n) is 7.62. The summed E-state index contributed by atoms with van der Waals surface area (Å²) in [6, 6.07) is 26.0. The number of ether oxygens (including phenoxy) is 2. The Morgan fingerprint density at radius 2 is 1.47 bits per heavy atom. The third kappa shape index (κ3) is 4.43. The minimum Gasteiger partial charge on any atom is -0.496 e. The molecule has 0 aromatic heterocycles. The topological polar surface area (TPSA) is 67.9 Å². The highest BCUT2D eigenvalue weighted by Crippen LogP contribution is 2.30. The molecule has 6 nitrogen and oxygen atoms in total. The van der Waals surface area contributed by atoms with E-state index in [1.165, 1.54) is 14.2 Å². The number of benzene rings is 4. The van der Waals surface area contributed by atoms with Crippen molar-refractivity contribution in [3.63, 3.8) is 0 Å². The van der Waals surface area contributed by atoms with Gasteiger partial charge >= 0.3 is 0 Å². The van der Waals surface area contributed by atoms with Gasteiger partial charge < -0.3 is 19.7 Å². The molecule has 1 N–H and O–H groups in total. The standard InChI is InChI=1S/C28H26N2O4/c1-4-30(23-15-8-11-19-10-5-6-14-22(19)23)28(32)20-12-7-13-21(18-20)29-27(31)26-24(33-2)16-9-17-25(26)34-3/h5-18H,4H2,1-3H3,(H,29,31). The first-order valence-electron chi connectivity index (χ1n) is 11.0. The van der Waals surface area contributed by atoms with E-state index in [-0.39, 0.29) is 17.4 Å². The van der Waals surface area contributed by atoms with E-state index in [2.05, 4.69) is 5.32 Å². The number of fused-ring (bicyclic) bond motifs is 1. The van der Waals surface area contributed by atoms with Crippen molar-refractivity contribution < 1.29 is 19.1 Å². The number of nitrogens with one attached hydrogen (secondary N) is 1. The Bertz CT molecular complexity index is 1320. The van der Waals surface area contributed by atoms with Gasteiger partial charge in [0, 0.05) is 23.2 Å². The fraction of sp³-hybridized carbons (Fsp3) is 0.143. The number of methoxy groups -OCH3 is 2. The summed E-state index contributed by atoms with van der Waals surface area (Å²) in [5.41, 5.74) is 2.10. The molecular weight excluding hydrogens is 428 g/mol. The van der Waals surface area contributed by atoms with Crippen molar-refractivity contribution in [1.29, 1.82) is 0 Å². The number of rotatable bonds is 7. The summed E-state index contributed by atoms with van der Waals surface area (Å²) in [5, 5.41) is 4.93. The number of nitrogens with zero attached hydrogens (tertiary/aromatic N) is 1. The minimum absolute atomic E-state index is 0.148. The SMILES string of the molecule is CCN(C(=O)c1cccc(NC(=O)c2c(OC)cccc2OC)c1)c1cccc2ccccc12. The molecule has 4 rings (SSSR count). The zero-order valence-electron chi connectivity index (χ0n) is 19.4. The number of anilines is 2. The van der Waals surface area contributed by atoms with Crippen LogP contribution in [0.15, 0.2) is 84.9 Å². The summed E-state index contributed by atoms with van der Waals surface area (Å²) in [4.78, 5) is 28.3. The van der Waals surface area contributed by atoms with Crippen molar-refractivity contribution in [2.75, 3.05) is 31.0 Å². The van der Waals surface area contributed by atoms with Crippen LogP contribution in [0.4, 0.5) is 11.4 Å². The predicted molar refractivity (Wildman–Crippen MR) is 135 cm³/mol. The van der Waals surface area contributed by atoms with E-state index in [0.29, 0.717) is 29.3 Å². The van der Waals surface area contributed by atoms with Crippen molar-refractivity contribution in [2.24, 2.45) is 0 Å². The minimum atomic E-state index is -0.389. The van der Waals surface area contributed by atoms with Crippen molar-refractivity contribution in [1.82, 2.24) is 0 Å². The molecule has 4 aromatic rings. The lowest BCUT2D eigenvalue weighted by atomic mass is 10.1. The Labute approximate surface area is 198 Å². The second kappa shape index (κ2) is 10.1. The summed E-state index contributed by atoms with van der Waals surface area (Å²) >= 11 is 0. The zero-order valence-corrected chi connectivity index (χ0v) is 19.4. The molecule has 0 aliphatic heterocycles. The average molecular weight is 455 g/mol. The Balaban J connectivity index is 1.64. The van der Waals surface area contributed by atoms with Gasteiger partial charge in [-0.2, -0.15) is 0 Å². The van der Waals surface area contributed by atoms with E-state index in [1.54, 1.807) is 47.4 Å². The van der Waals surface area contributed by atoms with Gasteiger partial charge in [0.2, 0.25) is 0 Å². The van der Waals surface area contributed by atoms with Gasteiger partial charge in [-0.15, -0.1) is 0 Å². The first kappa shape index (κ1) is 22.9. The normalized spacial score (nSPS) is 10.6. The first-order valence-corrected chi connectivity index (χ1v) is 11.0. The van der Waals surface area contributed by atoms with Crippen LogP contribution in [0.25, 0.3) is 10.8 Å². The van der Waals surface area contributed by atoms with Gasteiger partial charge in [0.25, 0.3) is 11.8 Å². The highest BCUT2D eigenvalue weighted by Gasteiger charge is 2.21. The summed E-state index contributed by atoms with van der Waals surface area (Å²) in [7, 11) is 2.99. The van der Waals surface area contributed by atoms with Crippen molar-refractivity contribution in [2.45, 2.75) is 6.92 Å². The molecule has 0 saturated heterocycles. The van der Waals surface area contributed by atoms with Crippen molar-refractivity contribution in [3.05, 3.63) is 96.1 Å². The highest BCUT2D eigenvalue weighted by molar-refractivity contribution is 6.12. The number of amides is 2. The van der Waals surface area contributed by atoms with Crippen molar-refractivity contribution in [3.8, 4) is 11.5 Å². The highest BCUT2D eigenvalue weighted by atomic mass is 16.5. The largest absolute Gasteiger partial charge is 0.496 e. The molecular formula is C28H26N2O4. The van der Waals surface area contributed by atoms with Crippen LogP contribution in [-0.2, 0) is 0 Å². The van der Waals surface area contributed by atoms with Crippen LogP contribution < -0.4 is 19.7 Å². The molecule has 172 valence electrons. The van der Waals surface area contributed by atoms with E-state index in [4.69, 9.17) is 9.47 Å². The van der Waals surface area contributed by atoms with E-state index < -0.39 is 0 Å². The van der Waals surface area contributed by atoms with Gasteiger partial charge in [0.15, 0.2) is 0 Å². The molecule has 0 radical (unpaired) electrons. The van der Waals surface area contributed by atoms with Crippen LogP contribution in [0.3, 0.4) is 0 Å². The Morgan fingerprint density at radius 1 is 0.824 bits per heavy atom. The van der Waals surface area contributed by atoms with Gasteiger partial charge in [-0.1, -0.05) is 48.5 Å². The Morgan fingerprint density at radius 3 is 2.18 bits per heavy atom. The molecule has 0 atom stereocenters. The second-order valence-corrected chi connectivity index (χ2v) is 7.62. The number of hydrogen-bond acceptors (Lipinski definition) is 4. The van der Waals surface area contributed by atoms with Gasteiger partial charge in [0.05, 0.1) is 19.9 Å². The van der Waals surface area contributed by atoms with E-state index in [0.717, 1.165) is 16.5 Å². The van der Waals surface area contributed by atoms with Gasteiger partial charge in [-0.05, 0) is 48.7 Å². The van der Waals surface area contributed by atoms with Gasteiger partial charge in [0.1, 0.15) is 17.1 Å². The molecule has 0 unspecified atom stereocenters. The third-order valence-corrected chi connectivity index (χ3v) is 5.64. The van der Waals surface area contributed by atoms with Crippen LogP contribution in [-0.4, -0.2) is 32.6 Å². The maximum Gasteiger partial charge on any atom is 0.263 e. The monoisotopic (exact) mass is 454 g/mol. The molecule has 0 aliphatic carbocycles. The summed E-state index contributed by atoms with van der Waals surface area (Å²) in [6.07, 6.45) is 0. The van der Waals surface area contributed by atoms with Gasteiger partial charge in [-0.25, -0.2) is 0 Å². The first-order chi connectivity index (χ1) is 16.6. The molecule has 0 bridgehead atoms. The molecule has 4 aromatic carbocycles. The quantitative estimate of drug-likeness (QED) is 0.385. The van der Waals surface area contributed by atoms with E-state index in [1.807, 2.05) is 49.4 Å². The predicted octanol–water partition coefficient (Wildman–Crippen LogP) is 5.78. The number of hydrogen-bond donors (Lipinski definition) is 1. The fourth-order valence-corrected chi connectivity index (χ4v) is 4.02. The lowest BCUT2D eigenvalue weighted by molar-refractivity contribution is 0.0985. The van der Waals surface area contributed by atoms with E-state index in [9.17, 15) is 9.59 Å². The van der Waals surface area contributed by atoms with Crippen LogP contribution in [0.2, 0.25) is 0 Å². The molecule has 0 aliphatic rings. The van der Waals surface area contributed by atoms with Crippen molar-refractivity contribution >= 4 is 34.0 Å². The smallest absolute Gasteiger partial charge is 0.263 e. The average Bonchev–Trinajstić information content (AvgIpc) is 2.88. The Hall–Kier alpha value is -4.32. The molecule has 0 spiro atoms. The molecule has 34 heavy (non-hydrogen) atoms. The van der Waals surface area contributed by atoms with Crippen LogP contribution >= 0.6 is 0 Å². The van der Waals surface area contributed by atoms with E-state index >= 15 is 0 Å². The molecule has 6 heteroatoms. The zero-order chi connectivity index (χ0) is 24.1. The third-order valence-electron chi connectivity index (χ3n) is 5.64. The molecule has 0 fully saturated rings. The lowest BCUT2D eigenvalue weighted by Crippen LogP contribution is -2.30. The molecule has 2 amide bonds. The summed E-state index contributed by atoms with van der Waals surface area (Å²) in [5.74, 6) is 0.263. The number of carbonyl (C=O) groups is 2. The van der Waals surface area contributed by atoms with Crippen LogP contribution in [0, 0.1) is 0 Å². The van der Waals surface area contributed by atoms with Crippen LogP contribution in [0.1, 0.15) is 27.6 Å². The Kier molecular flexibility index (Phi) is 6.78. The maximum atomic E-state index is 13.5.